The van der Waals surface area contributed by atoms with Gasteiger partial charge in [-0.2, -0.15) is 0 Å². The number of hydrogen-bond acceptors (Lipinski definition) is 5. The first-order valence-corrected chi connectivity index (χ1v) is 12.3. The lowest BCUT2D eigenvalue weighted by molar-refractivity contribution is 0.483. The first kappa shape index (κ1) is 20.8. The minimum Gasteiger partial charge on any atom is -0.457 e. The van der Waals surface area contributed by atoms with Gasteiger partial charge in [0.15, 0.2) is 0 Å². The van der Waals surface area contributed by atoms with Crippen LogP contribution in [0.25, 0.3) is 31.6 Å². The van der Waals surface area contributed by atoms with Crippen molar-refractivity contribution in [2.45, 2.75) is 0 Å². The first-order chi connectivity index (χ1) is 16.7. The number of nitrogens with zero attached hydrogens (tertiary/aromatic N) is 1. The molecule has 6 rings (SSSR count). The van der Waals surface area contributed by atoms with Gasteiger partial charge < -0.3 is 10.1 Å². The Bertz CT molecular complexity index is 1680. The van der Waals surface area contributed by atoms with Crippen LogP contribution in [-0.4, -0.2) is 4.98 Å². The van der Waals surface area contributed by atoms with Gasteiger partial charge in [-0.25, -0.2) is 4.98 Å². The Hall–Kier alpha value is -3.74. The van der Waals surface area contributed by atoms with Gasteiger partial charge in [-0.3, -0.25) is 4.79 Å². The Balaban J connectivity index is 1.56. The van der Waals surface area contributed by atoms with Crippen molar-refractivity contribution in [3.05, 3.63) is 112 Å². The topological polar surface area (TPSA) is 51.2 Å². The average molecular weight is 525 g/mol. The van der Waals surface area contributed by atoms with Crippen LogP contribution in [0.5, 0.6) is 11.5 Å². The second kappa shape index (κ2) is 8.56. The Morgan fingerprint density at radius 2 is 1.53 bits per heavy atom. The predicted molar refractivity (Wildman–Crippen MR) is 144 cm³/mol. The molecule has 1 heterocycles. The van der Waals surface area contributed by atoms with E-state index in [1.807, 2.05) is 97.1 Å². The summed E-state index contributed by atoms with van der Waals surface area (Å²) in [4.78, 5) is 19.3. The summed E-state index contributed by atoms with van der Waals surface area (Å²) in [6.07, 6.45) is 0. The largest absolute Gasteiger partial charge is 0.457 e. The van der Waals surface area contributed by atoms with E-state index in [1.165, 1.54) is 11.3 Å². The fraction of sp³-hybridized carbons (Fsp3) is 0. The Kier molecular flexibility index (Phi) is 5.24. The molecule has 1 aliphatic heterocycles. The molecule has 0 unspecified atom stereocenters. The van der Waals surface area contributed by atoms with Gasteiger partial charge >= 0.3 is 0 Å². The summed E-state index contributed by atoms with van der Waals surface area (Å²) < 4.78 is 7.94. The third kappa shape index (κ3) is 3.81. The van der Waals surface area contributed by atoms with Gasteiger partial charge in [0, 0.05) is 27.0 Å². The number of nitrogens with one attached hydrogen (secondary N) is 1. The maximum atomic E-state index is 13.5. The molecule has 0 aromatic heterocycles. The van der Waals surface area contributed by atoms with Crippen LogP contribution in [0.4, 0.5) is 11.4 Å². The highest BCUT2D eigenvalue weighted by Gasteiger charge is 2.21. The summed E-state index contributed by atoms with van der Waals surface area (Å²) in [5, 5.41) is 4.86. The zero-order valence-corrected chi connectivity index (χ0v) is 20.2. The van der Waals surface area contributed by atoms with Gasteiger partial charge in [-0.05, 0) is 48.5 Å². The molecule has 4 aromatic rings. The normalized spacial score (nSPS) is 11.2. The molecule has 164 valence electrons. The van der Waals surface area contributed by atoms with E-state index in [0.29, 0.717) is 11.1 Å². The Morgan fingerprint density at radius 1 is 0.794 bits per heavy atom. The number of rotatable bonds is 4. The van der Waals surface area contributed by atoms with E-state index in [0.717, 1.165) is 47.8 Å². The molecule has 0 fully saturated rings. The number of halogens is 1. The molecule has 0 saturated carbocycles. The second-order valence-electron chi connectivity index (χ2n) is 7.82. The van der Waals surface area contributed by atoms with Crippen LogP contribution < -0.4 is 15.5 Å². The third-order valence-electron chi connectivity index (χ3n) is 5.56. The number of fused-ring (bicyclic) bond motifs is 4. The van der Waals surface area contributed by atoms with Crippen molar-refractivity contribution in [2.24, 2.45) is 0 Å². The van der Waals surface area contributed by atoms with Gasteiger partial charge in [0.1, 0.15) is 17.2 Å². The van der Waals surface area contributed by atoms with Gasteiger partial charge in [0.25, 0.3) is 0 Å². The fourth-order valence-corrected chi connectivity index (χ4v) is 5.33. The molecule has 2 aliphatic rings. The van der Waals surface area contributed by atoms with Crippen molar-refractivity contribution in [3.63, 3.8) is 0 Å². The number of para-hydroxylation sites is 1. The van der Waals surface area contributed by atoms with Crippen LogP contribution in [0, 0.1) is 0 Å². The highest BCUT2D eigenvalue weighted by Crippen LogP contribution is 2.41. The van der Waals surface area contributed by atoms with E-state index < -0.39 is 0 Å². The lowest BCUT2D eigenvalue weighted by atomic mass is 10.0. The van der Waals surface area contributed by atoms with Crippen molar-refractivity contribution >= 4 is 59.6 Å². The highest BCUT2D eigenvalue weighted by atomic mass is 79.9. The summed E-state index contributed by atoms with van der Waals surface area (Å²) in [6, 6.07) is 30.9. The minimum absolute atomic E-state index is 0.0416. The molecule has 4 nitrogen and oxygen atoms in total. The van der Waals surface area contributed by atoms with Crippen molar-refractivity contribution in [2.75, 3.05) is 5.32 Å². The molecular weight excluding hydrogens is 508 g/mol. The third-order valence-corrected chi connectivity index (χ3v) is 7.24. The van der Waals surface area contributed by atoms with E-state index in [9.17, 15) is 4.79 Å². The summed E-state index contributed by atoms with van der Waals surface area (Å²) in [7, 11) is 0. The minimum atomic E-state index is -0.0416. The highest BCUT2D eigenvalue weighted by molar-refractivity contribution is 9.10. The lowest BCUT2D eigenvalue weighted by Crippen LogP contribution is -2.11. The molecule has 34 heavy (non-hydrogen) atoms. The average Bonchev–Trinajstić information content (AvgIpc) is 2.87. The zero-order valence-electron chi connectivity index (χ0n) is 17.8. The number of aromatic nitrogens is 1. The Morgan fingerprint density at radius 3 is 2.32 bits per heavy atom. The van der Waals surface area contributed by atoms with Crippen LogP contribution in [0.2, 0.25) is 0 Å². The molecule has 1 aliphatic carbocycles. The Labute approximate surface area is 208 Å². The van der Waals surface area contributed by atoms with Gasteiger partial charge in [-0.15, -0.1) is 11.3 Å². The number of benzene rings is 5. The van der Waals surface area contributed by atoms with E-state index >= 15 is 0 Å². The molecular formula is C28H17BrN2O2S. The molecule has 4 aromatic carbocycles. The summed E-state index contributed by atoms with van der Waals surface area (Å²) in [5.74, 6) is 1.49. The second-order valence-corrected chi connectivity index (χ2v) is 9.79. The van der Waals surface area contributed by atoms with Crippen molar-refractivity contribution in [1.82, 2.24) is 4.98 Å². The SMILES string of the molecule is O=c1c(Nc2ccc(Br)cc2)c2sc3cc(Oc4ccccc4)ccc3nc-2c2ccccc12. The number of hydrogen-bond donors (Lipinski definition) is 1. The van der Waals surface area contributed by atoms with E-state index in [1.54, 1.807) is 0 Å². The van der Waals surface area contributed by atoms with Crippen molar-refractivity contribution < 1.29 is 4.74 Å². The van der Waals surface area contributed by atoms with Crippen LogP contribution in [0.3, 0.4) is 0 Å². The number of ether oxygens (including phenoxy) is 1. The summed E-state index contributed by atoms with van der Waals surface area (Å²) in [6.45, 7) is 0. The van der Waals surface area contributed by atoms with Crippen molar-refractivity contribution in [1.29, 1.82) is 0 Å². The molecule has 6 heteroatoms. The quantitative estimate of drug-likeness (QED) is 0.186. The molecule has 0 radical (unpaired) electrons. The fourth-order valence-electron chi connectivity index (χ4n) is 3.95. The molecule has 0 saturated heterocycles. The van der Waals surface area contributed by atoms with Gasteiger partial charge in [0.05, 0.1) is 20.8 Å². The standard InChI is InChI=1S/C28H17BrN2O2S/c29-17-10-12-18(13-11-17)30-26-27(32)22-9-5-4-8-21(22)25-28(26)34-24-16-20(14-15-23(24)31-25)33-19-6-2-1-3-7-19/h1-16,30H. The van der Waals surface area contributed by atoms with Crippen LogP contribution in [-0.2, 0) is 0 Å². The molecule has 1 N–H and O–H groups in total. The summed E-state index contributed by atoms with van der Waals surface area (Å²) in [5.41, 5.74) is 3.00. The molecule has 0 bridgehead atoms. The van der Waals surface area contributed by atoms with Gasteiger partial charge in [-0.1, -0.05) is 58.4 Å². The van der Waals surface area contributed by atoms with E-state index in [2.05, 4.69) is 21.2 Å². The van der Waals surface area contributed by atoms with Crippen LogP contribution in [0.1, 0.15) is 0 Å². The van der Waals surface area contributed by atoms with Crippen molar-refractivity contribution in [3.8, 4) is 22.1 Å². The first-order valence-electron chi connectivity index (χ1n) is 10.7. The smallest absolute Gasteiger partial charge is 0.211 e. The maximum Gasteiger partial charge on any atom is 0.211 e. The summed E-state index contributed by atoms with van der Waals surface area (Å²) >= 11 is 5.01. The van der Waals surface area contributed by atoms with Crippen LogP contribution >= 0.6 is 27.3 Å². The molecule has 0 amide bonds. The molecule has 0 atom stereocenters. The zero-order chi connectivity index (χ0) is 23.1. The van der Waals surface area contributed by atoms with E-state index in [-0.39, 0.29) is 5.43 Å². The lowest BCUT2D eigenvalue weighted by Gasteiger charge is -2.16. The van der Waals surface area contributed by atoms with Crippen LogP contribution in [0.15, 0.2) is 106 Å². The number of anilines is 2. The monoisotopic (exact) mass is 524 g/mol. The predicted octanol–water partition coefficient (Wildman–Crippen LogP) is 8.21. The molecule has 0 spiro atoms. The van der Waals surface area contributed by atoms with Gasteiger partial charge in [0.2, 0.25) is 5.43 Å². The van der Waals surface area contributed by atoms with E-state index in [4.69, 9.17) is 9.72 Å². The maximum absolute atomic E-state index is 13.5.